The maximum atomic E-state index is 5.41. The van der Waals surface area contributed by atoms with Crippen molar-refractivity contribution in [3.05, 3.63) is 40.5 Å². The van der Waals surface area contributed by atoms with Crippen LogP contribution in [0.5, 0.6) is 11.5 Å². The number of methoxy groups -OCH3 is 2. The average Bonchev–Trinajstić information content (AvgIpc) is 3.26. The molecule has 0 radical (unpaired) electrons. The molecule has 6 heteroatoms. The van der Waals surface area contributed by atoms with Crippen molar-refractivity contribution in [2.45, 2.75) is 25.7 Å². The van der Waals surface area contributed by atoms with Crippen LogP contribution in [0.25, 0.3) is 10.2 Å². The maximum absolute atomic E-state index is 5.41. The predicted molar refractivity (Wildman–Crippen MR) is 106 cm³/mol. The Balaban J connectivity index is 1.56. The number of aryl methyl sites for hydroxylation is 2. The van der Waals surface area contributed by atoms with Crippen molar-refractivity contribution in [2.24, 2.45) is 0 Å². The number of hydrogen-bond acceptors (Lipinski definition) is 6. The second-order valence-electron chi connectivity index (χ2n) is 6.60. The fourth-order valence-corrected chi connectivity index (χ4v) is 4.86. The first-order chi connectivity index (χ1) is 12.7. The van der Waals surface area contributed by atoms with Gasteiger partial charge in [-0.3, -0.25) is 0 Å². The molecule has 0 spiro atoms. The van der Waals surface area contributed by atoms with Crippen molar-refractivity contribution in [2.75, 3.05) is 32.7 Å². The fraction of sp³-hybridized carbons (Fsp3) is 0.400. The van der Waals surface area contributed by atoms with E-state index in [0.717, 1.165) is 41.5 Å². The lowest BCUT2D eigenvalue weighted by Crippen LogP contribution is -2.22. The van der Waals surface area contributed by atoms with Gasteiger partial charge in [0.15, 0.2) is 11.5 Å². The van der Waals surface area contributed by atoms with Gasteiger partial charge in [0.2, 0.25) is 0 Å². The van der Waals surface area contributed by atoms with Gasteiger partial charge in [0.1, 0.15) is 17.0 Å². The lowest BCUT2D eigenvalue weighted by molar-refractivity contribution is 0.354. The standard InChI is InChI=1S/C20H23N3O2S/c1-23(10-9-13-7-8-15(24-2)16(11-13)25-3)19-18-14-5-4-6-17(14)26-20(18)22-12-21-19/h7-8,11-12H,4-6,9-10H2,1-3H3. The van der Waals surface area contributed by atoms with Crippen LogP contribution in [-0.4, -0.2) is 37.8 Å². The van der Waals surface area contributed by atoms with E-state index in [4.69, 9.17) is 9.47 Å². The number of thiophene rings is 1. The topological polar surface area (TPSA) is 47.5 Å². The predicted octanol–water partition coefficient (Wildman–Crippen LogP) is 3.88. The summed E-state index contributed by atoms with van der Waals surface area (Å²) in [6.07, 6.45) is 6.19. The molecule has 2 heterocycles. The zero-order valence-electron chi connectivity index (χ0n) is 15.4. The van der Waals surface area contributed by atoms with E-state index in [0.29, 0.717) is 0 Å². The molecule has 2 aromatic heterocycles. The van der Waals surface area contributed by atoms with Crippen molar-refractivity contribution in [1.29, 1.82) is 0 Å². The highest BCUT2D eigenvalue weighted by Gasteiger charge is 2.22. The molecular formula is C20H23N3O2S. The Morgan fingerprint density at radius 1 is 1.12 bits per heavy atom. The van der Waals surface area contributed by atoms with E-state index < -0.39 is 0 Å². The van der Waals surface area contributed by atoms with Gasteiger partial charge in [-0.15, -0.1) is 11.3 Å². The van der Waals surface area contributed by atoms with E-state index in [-0.39, 0.29) is 0 Å². The molecule has 1 aromatic carbocycles. The molecule has 26 heavy (non-hydrogen) atoms. The summed E-state index contributed by atoms with van der Waals surface area (Å²) in [4.78, 5) is 14.0. The van der Waals surface area contributed by atoms with E-state index >= 15 is 0 Å². The lowest BCUT2D eigenvalue weighted by Gasteiger charge is -2.19. The number of ether oxygens (including phenoxy) is 2. The van der Waals surface area contributed by atoms with Crippen LogP contribution < -0.4 is 14.4 Å². The Hall–Kier alpha value is -2.34. The number of rotatable bonds is 6. The van der Waals surface area contributed by atoms with Crippen LogP contribution in [0.15, 0.2) is 24.5 Å². The molecule has 0 N–H and O–H groups in total. The number of benzene rings is 1. The maximum Gasteiger partial charge on any atom is 0.160 e. The smallest absolute Gasteiger partial charge is 0.160 e. The summed E-state index contributed by atoms with van der Waals surface area (Å²) in [6.45, 7) is 0.881. The molecule has 0 saturated carbocycles. The molecule has 0 unspecified atom stereocenters. The Morgan fingerprint density at radius 2 is 1.96 bits per heavy atom. The third kappa shape index (κ3) is 2.98. The van der Waals surface area contributed by atoms with E-state index in [1.807, 2.05) is 23.5 Å². The van der Waals surface area contributed by atoms with E-state index in [1.165, 1.54) is 34.2 Å². The normalized spacial score (nSPS) is 13.0. The lowest BCUT2D eigenvalue weighted by atomic mass is 10.1. The van der Waals surface area contributed by atoms with Gasteiger partial charge in [-0.05, 0) is 48.9 Å². The Kier molecular flexibility index (Phi) is 4.68. The van der Waals surface area contributed by atoms with E-state index in [1.54, 1.807) is 20.5 Å². The molecule has 5 nitrogen and oxygen atoms in total. The van der Waals surface area contributed by atoms with Crippen LogP contribution in [0.1, 0.15) is 22.4 Å². The van der Waals surface area contributed by atoms with Crippen LogP contribution in [0, 0.1) is 0 Å². The van der Waals surface area contributed by atoms with Crippen molar-refractivity contribution >= 4 is 27.4 Å². The van der Waals surface area contributed by atoms with Gasteiger partial charge in [-0.1, -0.05) is 6.07 Å². The fourth-order valence-electron chi connectivity index (χ4n) is 3.64. The Morgan fingerprint density at radius 3 is 2.77 bits per heavy atom. The van der Waals surface area contributed by atoms with Crippen molar-refractivity contribution < 1.29 is 9.47 Å². The average molecular weight is 369 g/mol. The second-order valence-corrected chi connectivity index (χ2v) is 7.68. The number of fused-ring (bicyclic) bond motifs is 3. The number of aromatic nitrogens is 2. The molecule has 0 fully saturated rings. The van der Waals surface area contributed by atoms with Crippen molar-refractivity contribution in [1.82, 2.24) is 9.97 Å². The summed E-state index contributed by atoms with van der Waals surface area (Å²) in [7, 11) is 5.44. The van der Waals surface area contributed by atoms with Crippen LogP contribution in [0.2, 0.25) is 0 Å². The minimum absolute atomic E-state index is 0.760. The number of anilines is 1. The van der Waals surface area contributed by atoms with Crippen LogP contribution >= 0.6 is 11.3 Å². The minimum atomic E-state index is 0.760. The Bertz CT molecular complexity index is 938. The number of likely N-dealkylation sites (N-methyl/N-ethyl adjacent to an activating group) is 1. The van der Waals surface area contributed by atoms with Gasteiger partial charge >= 0.3 is 0 Å². The zero-order valence-corrected chi connectivity index (χ0v) is 16.2. The summed E-state index contributed by atoms with van der Waals surface area (Å²) >= 11 is 1.83. The molecule has 0 bridgehead atoms. The third-order valence-corrected chi connectivity index (χ3v) is 6.23. The highest BCUT2D eigenvalue weighted by molar-refractivity contribution is 7.19. The molecule has 0 atom stereocenters. The summed E-state index contributed by atoms with van der Waals surface area (Å²) in [5.74, 6) is 2.58. The van der Waals surface area contributed by atoms with Crippen molar-refractivity contribution in [3.8, 4) is 11.5 Å². The molecule has 136 valence electrons. The highest BCUT2D eigenvalue weighted by atomic mass is 32.1. The SMILES string of the molecule is COc1ccc(CCN(C)c2ncnc3sc4c(c23)CCC4)cc1OC. The second kappa shape index (κ2) is 7.11. The van der Waals surface area contributed by atoms with Gasteiger partial charge in [0, 0.05) is 18.5 Å². The number of nitrogens with zero attached hydrogens (tertiary/aromatic N) is 3. The molecule has 0 amide bonds. The van der Waals surface area contributed by atoms with Gasteiger partial charge in [-0.2, -0.15) is 0 Å². The van der Waals surface area contributed by atoms with Gasteiger partial charge < -0.3 is 14.4 Å². The largest absolute Gasteiger partial charge is 0.493 e. The zero-order chi connectivity index (χ0) is 18.1. The quantitative estimate of drug-likeness (QED) is 0.660. The molecule has 0 aliphatic heterocycles. The van der Waals surface area contributed by atoms with Crippen LogP contribution in [0.4, 0.5) is 5.82 Å². The van der Waals surface area contributed by atoms with Gasteiger partial charge in [-0.25, -0.2) is 9.97 Å². The van der Waals surface area contributed by atoms with E-state index in [9.17, 15) is 0 Å². The monoisotopic (exact) mass is 369 g/mol. The first kappa shape index (κ1) is 17.1. The van der Waals surface area contributed by atoms with Crippen molar-refractivity contribution in [3.63, 3.8) is 0 Å². The Labute approximate surface area is 157 Å². The summed E-state index contributed by atoms with van der Waals surface area (Å²) in [5, 5.41) is 1.26. The van der Waals surface area contributed by atoms with Gasteiger partial charge in [0.25, 0.3) is 0 Å². The first-order valence-electron chi connectivity index (χ1n) is 8.88. The first-order valence-corrected chi connectivity index (χ1v) is 9.70. The molecule has 3 aromatic rings. The summed E-state index contributed by atoms with van der Waals surface area (Å²) in [5.41, 5.74) is 2.69. The minimum Gasteiger partial charge on any atom is -0.493 e. The van der Waals surface area contributed by atoms with Crippen LogP contribution in [0.3, 0.4) is 0 Å². The number of hydrogen-bond donors (Lipinski definition) is 0. The third-order valence-electron chi connectivity index (χ3n) is 5.03. The summed E-state index contributed by atoms with van der Waals surface area (Å²) < 4.78 is 10.7. The van der Waals surface area contributed by atoms with Gasteiger partial charge in [0.05, 0.1) is 19.6 Å². The molecule has 1 aliphatic carbocycles. The molecule has 4 rings (SSSR count). The highest BCUT2D eigenvalue weighted by Crippen LogP contribution is 2.39. The molecule has 1 aliphatic rings. The molecular weight excluding hydrogens is 346 g/mol. The van der Waals surface area contributed by atoms with E-state index in [2.05, 4.69) is 28.0 Å². The molecule has 0 saturated heterocycles. The van der Waals surface area contributed by atoms with Crippen LogP contribution in [-0.2, 0) is 19.3 Å². The summed E-state index contributed by atoms with van der Waals surface area (Å²) in [6, 6.07) is 6.10.